The minimum atomic E-state index is 0.488. The van der Waals surface area contributed by atoms with E-state index in [2.05, 4.69) is 5.32 Å². The fourth-order valence-electron chi connectivity index (χ4n) is 3.12. The molecule has 92 valence electrons. The summed E-state index contributed by atoms with van der Waals surface area (Å²) in [6, 6.07) is 0. The van der Waals surface area contributed by atoms with E-state index in [1.807, 2.05) is 0 Å². The van der Waals surface area contributed by atoms with Crippen LogP contribution in [0.4, 0.5) is 0 Å². The summed E-state index contributed by atoms with van der Waals surface area (Å²) in [5.74, 6) is 1.61. The maximum Gasteiger partial charge on any atom is 0.0512 e. The largest absolute Gasteiger partial charge is 0.381 e. The van der Waals surface area contributed by atoms with Gasteiger partial charge in [0.1, 0.15) is 0 Å². The van der Waals surface area contributed by atoms with E-state index >= 15 is 0 Å². The zero-order valence-electron chi connectivity index (χ0n) is 10.0. The fraction of sp³-hybridized carbons (Fsp3) is 1.00. The molecule has 3 rings (SSSR count). The Morgan fingerprint density at radius 3 is 2.75 bits per heavy atom. The summed E-state index contributed by atoms with van der Waals surface area (Å²) in [4.78, 5) is 0. The highest BCUT2D eigenvalue weighted by Gasteiger charge is 2.43. The van der Waals surface area contributed by atoms with Gasteiger partial charge in [-0.3, -0.25) is 0 Å². The van der Waals surface area contributed by atoms with Crippen molar-refractivity contribution >= 4 is 0 Å². The van der Waals surface area contributed by atoms with Crippen molar-refractivity contribution in [2.75, 3.05) is 39.5 Å². The molecule has 1 atom stereocenters. The van der Waals surface area contributed by atoms with Crippen LogP contribution in [-0.2, 0) is 9.47 Å². The van der Waals surface area contributed by atoms with Crippen LogP contribution in [0.2, 0.25) is 0 Å². The topological polar surface area (TPSA) is 30.5 Å². The van der Waals surface area contributed by atoms with Crippen LogP contribution in [0.1, 0.15) is 25.7 Å². The molecule has 3 fully saturated rings. The third-order valence-electron chi connectivity index (χ3n) is 4.59. The third kappa shape index (κ3) is 2.27. The second-order valence-corrected chi connectivity index (χ2v) is 5.78. The van der Waals surface area contributed by atoms with Crippen LogP contribution < -0.4 is 5.32 Å². The second-order valence-electron chi connectivity index (χ2n) is 5.78. The van der Waals surface area contributed by atoms with Crippen LogP contribution >= 0.6 is 0 Å². The molecule has 0 aromatic carbocycles. The molecule has 0 amide bonds. The second kappa shape index (κ2) is 4.63. The molecule has 2 heterocycles. The number of hydrogen-bond donors (Lipinski definition) is 1. The highest BCUT2D eigenvalue weighted by atomic mass is 16.5. The van der Waals surface area contributed by atoms with Crippen molar-refractivity contribution in [1.82, 2.24) is 5.32 Å². The van der Waals surface area contributed by atoms with Crippen LogP contribution in [0.25, 0.3) is 0 Å². The molecule has 0 aromatic heterocycles. The minimum absolute atomic E-state index is 0.488. The molecule has 0 radical (unpaired) electrons. The molecule has 16 heavy (non-hydrogen) atoms. The summed E-state index contributed by atoms with van der Waals surface area (Å²) < 4.78 is 11.4. The Labute approximate surface area is 97.9 Å². The molecule has 3 aliphatic rings. The van der Waals surface area contributed by atoms with Crippen LogP contribution in [0.15, 0.2) is 0 Å². The van der Waals surface area contributed by atoms with Crippen LogP contribution in [0.3, 0.4) is 0 Å². The lowest BCUT2D eigenvalue weighted by Crippen LogP contribution is -2.38. The van der Waals surface area contributed by atoms with E-state index in [0.717, 1.165) is 44.8 Å². The maximum atomic E-state index is 5.89. The van der Waals surface area contributed by atoms with Crippen molar-refractivity contribution in [2.24, 2.45) is 17.3 Å². The van der Waals surface area contributed by atoms with Gasteiger partial charge in [-0.1, -0.05) is 0 Å². The van der Waals surface area contributed by atoms with E-state index in [4.69, 9.17) is 9.47 Å². The molecule has 3 nitrogen and oxygen atoms in total. The Hall–Kier alpha value is -0.120. The van der Waals surface area contributed by atoms with Gasteiger partial charge in [0.25, 0.3) is 0 Å². The van der Waals surface area contributed by atoms with Gasteiger partial charge in [0.2, 0.25) is 0 Å². The summed E-state index contributed by atoms with van der Waals surface area (Å²) in [6.45, 7) is 6.17. The third-order valence-corrected chi connectivity index (χ3v) is 4.59. The molecule has 1 spiro atoms. The Morgan fingerprint density at radius 1 is 1.19 bits per heavy atom. The lowest BCUT2D eigenvalue weighted by atomic mass is 9.72. The molecule has 1 aliphatic carbocycles. The summed E-state index contributed by atoms with van der Waals surface area (Å²) in [6.07, 6.45) is 5.22. The van der Waals surface area contributed by atoms with E-state index in [0.29, 0.717) is 5.41 Å². The molecule has 0 bridgehead atoms. The van der Waals surface area contributed by atoms with E-state index < -0.39 is 0 Å². The maximum absolute atomic E-state index is 5.89. The summed E-state index contributed by atoms with van der Waals surface area (Å²) in [7, 11) is 0. The van der Waals surface area contributed by atoms with Gasteiger partial charge in [-0.2, -0.15) is 0 Å². The lowest BCUT2D eigenvalue weighted by molar-refractivity contribution is -0.0236. The average molecular weight is 225 g/mol. The monoisotopic (exact) mass is 225 g/mol. The predicted octanol–water partition coefficient (Wildman–Crippen LogP) is 1.43. The molecule has 0 aromatic rings. The first-order valence-corrected chi connectivity index (χ1v) is 6.75. The first-order valence-electron chi connectivity index (χ1n) is 6.75. The number of hydrogen-bond acceptors (Lipinski definition) is 3. The zero-order chi connectivity index (χ0) is 10.8. The van der Waals surface area contributed by atoms with Gasteiger partial charge in [0.15, 0.2) is 0 Å². The van der Waals surface area contributed by atoms with Crippen molar-refractivity contribution in [3.63, 3.8) is 0 Å². The van der Waals surface area contributed by atoms with Gasteiger partial charge in [-0.05, 0) is 37.0 Å². The number of nitrogens with one attached hydrogen (secondary N) is 1. The van der Waals surface area contributed by atoms with Gasteiger partial charge in [-0.25, -0.2) is 0 Å². The molecule has 2 aliphatic heterocycles. The Balaban J connectivity index is 1.50. The molecule has 3 heteroatoms. The van der Waals surface area contributed by atoms with E-state index in [1.54, 1.807) is 0 Å². The average Bonchev–Trinajstić information content (AvgIpc) is 3.06. The van der Waals surface area contributed by atoms with Crippen molar-refractivity contribution in [3.8, 4) is 0 Å². The molecular weight excluding hydrogens is 202 g/mol. The van der Waals surface area contributed by atoms with Crippen molar-refractivity contribution < 1.29 is 9.47 Å². The van der Waals surface area contributed by atoms with Crippen LogP contribution in [-0.4, -0.2) is 39.5 Å². The lowest BCUT2D eigenvalue weighted by Gasteiger charge is -2.37. The summed E-state index contributed by atoms with van der Waals surface area (Å²) >= 11 is 0. The van der Waals surface area contributed by atoms with E-state index in [-0.39, 0.29) is 0 Å². The normalized spacial score (nSPS) is 33.4. The molecular formula is C13H23NO2. The number of ether oxygens (including phenoxy) is 2. The molecule has 2 saturated heterocycles. The first kappa shape index (κ1) is 11.0. The van der Waals surface area contributed by atoms with Crippen LogP contribution in [0, 0.1) is 17.3 Å². The predicted molar refractivity (Wildman–Crippen MR) is 62.4 cm³/mol. The summed E-state index contributed by atoms with van der Waals surface area (Å²) in [5, 5.41) is 3.55. The van der Waals surface area contributed by atoms with Gasteiger partial charge in [0.05, 0.1) is 6.61 Å². The smallest absolute Gasteiger partial charge is 0.0512 e. The van der Waals surface area contributed by atoms with Crippen molar-refractivity contribution in [1.29, 1.82) is 0 Å². The standard InChI is InChI=1S/C13H23NO2/c1-2-11(1)8-16-9-12-7-14-10-13(12)3-5-15-6-4-13/h11-12,14H,1-10H2/t12-/m1/s1. The van der Waals surface area contributed by atoms with E-state index in [1.165, 1.54) is 32.2 Å². The van der Waals surface area contributed by atoms with Gasteiger partial charge in [-0.15, -0.1) is 0 Å². The molecule has 1 saturated carbocycles. The van der Waals surface area contributed by atoms with Crippen LogP contribution in [0.5, 0.6) is 0 Å². The number of rotatable bonds is 4. The fourth-order valence-corrected chi connectivity index (χ4v) is 3.12. The highest BCUT2D eigenvalue weighted by molar-refractivity contribution is 4.96. The Bertz CT molecular complexity index is 234. The Morgan fingerprint density at radius 2 is 2.00 bits per heavy atom. The van der Waals surface area contributed by atoms with Crippen molar-refractivity contribution in [3.05, 3.63) is 0 Å². The first-order chi connectivity index (χ1) is 7.89. The zero-order valence-corrected chi connectivity index (χ0v) is 10.0. The highest BCUT2D eigenvalue weighted by Crippen LogP contribution is 2.41. The quantitative estimate of drug-likeness (QED) is 0.785. The SMILES string of the molecule is C1CC2(CCO1)CNC[C@@H]2COCC1CC1. The van der Waals surface area contributed by atoms with Gasteiger partial charge >= 0.3 is 0 Å². The summed E-state index contributed by atoms with van der Waals surface area (Å²) in [5.41, 5.74) is 0.488. The molecule has 1 N–H and O–H groups in total. The van der Waals surface area contributed by atoms with Gasteiger partial charge in [0, 0.05) is 38.8 Å². The van der Waals surface area contributed by atoms with E-state index in [9.17, 15) is 0 Å². The van der Waals surface area contributed by atoms with Gasteiger partial charge < -0.3 is 14.8 Å². The van der Waals surface area contributed by atoms with Crippen molar-refractivity contribution in [2.45, 2.75) is 25.7 Å². The molecule has 0 unspecified atom stereocenters. The Kier molecular flexibility index (Phi) is 3.18. The minimum Gasteiger partial charge on any atom is -0.381 e.